The SMILES string of the molecule is O=C(CCc1ccccc1C(=O)O)NC1CCCC1Cc1ccccc1. The summed E-state index contributed by atoms with van der Waals surface area (Å²) in [4.78, 5) is 23.7. The van der Waals surface area contributed by atoms with Crippen LogP contribution in [0.3, 0.4) is 0 Å². The largest absolute Gasteiger partial charge is 0.478 e. The molecule has 2 atom stereocenters. The van der Waals surface area contributed by atoms with Gasteiger partial charge < -0.3 is 10.4 Å². The van der Waals surface area contributed by atoms with Crippen LogP contribution in [0, 0.1) is 5.92 Å². The molecule has 2 aromatic carbocycles. The van der Waals surface area contributed by atoms with Crippen LogP contribution in [0.2, 0.25) is 0 Å². The number of carbonyl (C=O) groups excluding carboxylic acids is 1. The lowest BCUT2D eigenvalue weighted by Gasteiger charge is -2.21. The summed E-state index contributed by atoms with van der Waals surface area (Å²) in [6.07, 6.45) is 5.07. The smallest absolute Gasteiger partial charge is 0.335 e. The third kappa shape index (κ3) is 4.72. The fourth-order valence-corrected chi connectivity index (χ4v) is 3.86. The minimum absolute atomic E-state index is 0.00940. The van der Waals surface area contributed by atoms with Crippen LogP contribution in [0.4, 0.5) is 0 Å². The molecule has 0 aromatic heterocycles. The van der Waals surface area contributed by atoms with Crippen LogP contribution in [0.25, 0.3) is 0 Å². The van der Waals surface area contributed by atoms with Gasteiger partial charge in [0, 0.05) is 12.5 Å². The van der Waals surface area contributed by atoms with Crippen molar-refractivity contribution in [2.75, 3.05) is 0 Å². The molecule has 0 heterocycles. The van der Waals surface area contributed by atoms with Crippen LogP contribution in [0.15, 0.2) is 54.6 Å². The number of nitrogens with one attached hydrogen (secondary N) is 1. The zero-order valence-electron chi connectivity index (χ0n) is 14.9. The van der Waals surface area contributed by atoms with E-state index in [4.69, 9.17) is 0 Å². The van der Waals surface area contributed by atoms with Crippen molar-refractivity contribution in [3.05, 3.63) is 71.3 Å². The summed E-state index contributed by atoms with van der Waals surface area (Å²) in [5.74, 6) is -0.456. The van der Waals surface area contributed by atoms with E-state index in [-0.39, 0.29) is 17.5 Å². The first-order valence-electron chi connectivity index (χ1n) is 9.28. The lowest BCUT2D eigenvalue weighted by molar-refractivity contribution is -0.122. The monoisotopic (exact) mass is 351 g/mol. The summed E-state index contributed by atoms with van der Waals surface area (Å²) < 4.78 is 0. The van der Waals surface area contributed by atoms with E-state index in [1.54, 1.807) is 18.2 Å². The normalized spacial score (nSPS) is 19.2. The number of benzene rings is 2. The van der Waals surface area contributed by atoms with Crippen LogP contribution in [-0.2, 0) is 17.6 Å². The number of rotatable bonds is 7. The van der Waals surface area contributed by atoms with Crippen molar-refractivity contribution < 1.29 is 14.7 Å². The Morgan fingerprint density at radius 3 is 2.50 bits per heavy atom. The summed E-state index contributed by atoms with van der Waals surface area (Å²) >= 11 is 0. The van der Waals surface area contributed by atoms with Crippen molar-refractivity contribution in [3.8, 4) is 0 Å². The molecule has 26 heavy (non-hydrogen) atoms. The van der Waals surface area contributed by atoms with Gasteiger partial charge in [0.1, 0.15) is 0 Å². The summed E-state index contributed by atoms with van der Waals surface area (Å²) in [6.45, 7) is 0. The van der Waals surface area contributed by atoms with E-state index < -0.39 is 5.97 Å². The average molecular weight is 351 g/mol. The van der Waals surface area contributed by atoms with Gasteiger partial charge in [-0.05, 0) is 48.8 Å². The van der Waals surface area contributed by atoms with Crippen LogP contribution < -0.4 is 5.32 Å². The van der Waals surface area contributed by atoms with Crippen molar-refractivity contribution in [1.29, 1.82) is 0 Å². The van der Waals surface area contributed by atoms with Gasteiger partial charge in [0.15, 0.2) is 0 Å². The van der Waals surface area contributed by atoms with Crippen LogP contribution in [0.5, 0.6) is 0 Å². The van der Waals surface area contributed by atoms with Gasteiger partial charge in [0.25, 0.3) is 0 Å². The molecule has 0 saturated heterocycles. The summed E-state index contributed by atoms with van der Waals surface area (Å²) in [5.41, 5.74) is 2.31. The standard InChI is InChI=1S/C22H25NO3/c24-21(14-13-17-9-4-5-11-19(17)22(25)26)23-20-12-6-10-18(20)15-16-7-2-1-3-8-16/h1-5,7-9,11,18,20H,6,10,12-15H2,(H,23,24)(H,25,26). The Balaban J connectivity index is 1.54. The first kappa shape index (κ1) is 18.2. The maximum Gasteiger partial charge on any atom is 0.335 e. The van der Waals surface area contributed by atoms with E-state index in [2.05, 4.69) is 29.6 Å². The molecule has 2 unspecified atom stereocenters. The molecule has 0 spiro atoms. The fourth-order valence-electron chi connectivity index (χ4n) is 3.86. The number of aryl methyl sites for hydroxylation is 1. The predicted molar refractivity (Wildman–Crippen MR) is 101 cm³/mol. The number of hydrogen-bond acceptors (Lipinski definition) is 2. The lowest BCUT2D eigenvalue weighted by atomic mass is 9.94. The molecule has 3 rings (SSSR count). The van der Waals surface area contributed by atoms with E-state index in [9.17, 15) is 14.7 Å². The van der Waals surface area contributed by atoms with Crippen molar-refractivity contribution >= 4 is 11.9 Å². The molecule has 2 aromatic rings. The number of carboxylic acids is 1. The van der Waals surface area contributed by atoms with E-state index in [1.807, 2.05) is 12.1 Å². The van der Waals surface area contributed by atoms with Crippen molar-refractivity contribution in [1.82, 2.24) is 5.32 Å². The number of amides is 1. The Labute approximate surface area is 154 Å². The Bertz CT molecular complexity index is 757. The molecule has 1 aliphatic carbocycles. The van der Waals surface area contributed by atoms with E-state index in [0.717, 1.165) is 25.7 Å². The van der Waals surface area contributed by atoms with Gasteiger partial charge >= 0.3 is 5.97 Å². The van der Waals surface area contributed by atoms with Crippen molar-refractivity contribution in [2.45, 2.75) is 44.6 Å². The molecule has 1 fully saturated rings. The average Bonchev–Trinajstić information content (AvgIpc) is 3.07. The Morgan fingerprint density at radius 1 is 1.00 bits per heavy atom. The highest BCUT2D eigenvalue weighted by atomic mass is 16.4. The molecule has 0 bridgehead atoms. The molecule has 4 heteroatoms. The van der Waals surface area contributed by atoms with Gasteiger partial charge in [0.2, 0.25) is 5.91 Å². The number of carboxylic acid groups (broad SMARTS) is 1. The highest BCUT2D eigenvalue weighted by Crippen LogP contribution is 2.29. The maximum atomic E-state index is 12.4. The molecular weight excluding hydrogens is 326 g/mol. The zero-order chi connectivity index (χ0) is 18.4. The Hall–Kier alpha value is -2.62. The molecule has 136 valence electrons. The summed E-state index contributed by atoms with van der Waals surface area (Å²) in [6, 6.07) is 17.5. The fraction of sp³-hybridized carbons (Fsp3) is 0.364. The predicted octanol–water partition coefficient (Wildman–Crippen LogP) is 3.85. The quantitative estimate of drug-likeness (QED) is 0.796. The molecule has 2 N–H and O–H groups in total. The molecule has 0 radical (unpaired) electrons. The second-order valence-electron chi connectivity index (χ2n) is 7.02. The molecule has 1 amide bonds. The third-order valence-electron chi connectivity index (χ3n) is 5.22. The van der Waals surface area contributed by atoms with Gasteiger partial charge in [-0.3, -0.25) is 4.79 Å². The summed E-state index contributed by atoms with van der Waals surface area (Å²) in [7, 11) is 0. The number of aromatic carboxylic acids is 1. The highest BCUT2D eigenvalue weighted by Gasteiger charge is 2.28. The molecule has 1 saturated carbocycles. The minimum atomic E-state index is -0.945. The third-order valence-corrected chi connectivity index (χ3v) is 5.22. The van der Waals surface area contributed by atoms with Crippen LogP contribution in [-0.4, -0.2) is 23.0 Å². The van der Waals surface area contributed by atoms with Gasteiger partial charge in [-0.15, -0.1) is 0 Å². The van der Waals surface area contributed by atoms with Crippen molar-refractivity contribution in [2.24, 2.45) is 5.92 Å². The van der Waals surface area contributed by atoms with E-state index >= 15 is 0 Å². The Kier molecular flexibility index (Phi) is 6.05. The van der Waals surface area contributed by atoms with Crippen LogP contribution >= 0.6 is 0 Å². The second-order valence-corrected chi connectivity index (χ2v) is 7.02. The topological polar surface area (TPSA) is 66.4 Å². The van der Waals surface area contributed by atoms with E-state index in [1.165, 1.54) is 5.56 Å². The lowest BCUT2D eigenvalue weighted by Crippen LogP contribution is -2.38. The number of hydrogen-bond donors (Lipinski definition) is 2. The highest BCUT2D eigenvalue weighted by molar-refractivity contribution is 5.89. The summed E-state index contributed by atoms with van der Waals surface area (Å²) in [5, 5.41) is 12.4. The van der Waals surface area contributed by atoms with E-state index in [0.29, 0.717) is 24.3 Å². The molecular formula is C22H25NO3. The van der Waals surface area contributed by atoms with Gasteiger partial charge in [0.05, 0.1) is 5.56 Å². The van der Waals surface area contributed by atoms with Crippen LogP contribution in [0.1, 0.15) is 47.2 Å². The van der Waals surface area contributed by atoms with Gasteiger partial charge in [-0.2, -0.15) is 0 Å². The number of carbonyl (C=O) groups is 2. The molecule has 0 aliphatic heterocycles. The van der Waals surface area contributed by atoms with Gasteiger partial charge in [-0.1, -0.05) is 55.0 Å². The minimum Gasteiger partial charge on any atom is -0.478 e. The first-order chi connectivity index (χ1) is 12.6. The second kappa shape index (κ2) is 8.65. The Morgan fingerprint density at radius 2 is 1.73 bits per heavy atom. The maximum absolute atomic E-state index is 12.4. The van der Waals surface area contributed by atoms with Crippen molar-refractivity contribution in [3.63, 3.8) is 0 Å². The molecule has 4 nitrogen and oxygen atoms in total. The zero-order valence-corrected chi connectivity index (χ0v) is 14.9. The first-order valence-corrected chi connectivity index (χ1v) is 9.28. The van der Waals surface area contributed by atoms with Gasteiger partial charge in [-0.25, -0.2) is 4.79 Å². The molecule has 1 aliphatic rings.